The number of nitrogens with zero attached hydrogens (tertiary/aromatic N) is 2. The third kappa shape index (κ3) is 5.27. The molecule has 1 aliphatic rings. The summed E-state index contributed by atoms with van der Waals surface area (Å²) in [6, 6.07) is 2.31. The first-order valence-corrected chi connectivity index (χ1v) is 10.1. The lowest BCUT2D eigenvalue weighted by molar-refractivity contribution is 0.259. The van der Waals surface area contributed by atoms with Crippen LogP contribution in [0.2, 0.25) is 0 Å². The summed E-state index contributed by atoms with van der Waals surface area (Å²) in [6.45, 7) is 7.31. The lowest BCUT2D eigenvalue weighted by atomic mass is 9.89. The fourth-order valence-corrected chi connectivity index (χ4v) is 5.44. The van der Waals surface area contributed by atoms with Crippen molar-refractivity contribution in [2.75, 3.05) is 30.3 Å². The fourth-order valence-electron chi connectivity index (χ4n) is 2.33. The Balaban J connectivity index is 2.47. The van der Waals surface area contributed by atoms with E-state index in [0.717, 1.165) is 38.1 Å². The van der Waals surface area contributed by atoms with Gasteiger partial charge in [0.05, 0.1) is 11.5 Å². The van der Waals surface area contributed by atoms with Crippen LogP contribution in [0.15, 0.2) is 0 Å². The minimum absolute atomic E-state index is 0.218. The van der Waals surface area contributed by atoms with Crippen molar-refractivity contribution in [2.45, 2.75) is 45.4 Å². The largest absolute Gasteiger partial charge is 0.286 e. The zero-order chi connectivity index (χ0) is 15.2. The average Bonchev–Trinajstić information content (AvgIpc) is 2.44. The van der Waals surface area contributed by atoms with Crippen LogP contribution in [0.4, 0.5) is 0 Å². The van der Waals surface area contributed by atoms with E-state index in [-0.39, 0.29) is 16.5 Å². The summed E-state index contributed by atoms with van der Waals surface area (Å²) in [5.74, 6) is 1.93. The SMILES string of the molecule is CCS(=O)(=O)C1CSCCN1CCCCC(C)(C)C#N. The third-order valence-electron chi connectivity index (χ3n) is 3.81. The molecule has 116 valence electrons. The Morgan fingerprint density at radius 1 is 1.40 bits per heavy atom. The molecule has 1 heterocycles. The molecule has 0 aliphatic carbocycles. The van der Waals surface area contributed by atoms with E-state index in [1.165, 1.54) is 0 Å². The lowest BCUT2D eigenvalue weighted by Gasteiger charge is -2.34. The van der Waals surface area contributed by atoms with Crippen molar-refractivity contribution < 1.29 is 8.42 Å². The summed E-state index contributed by atoms with van der Waals surface area (Å²) >= 11 is 1.73. The van der Waals surface area contributed by atoms with E-state index >= 15 is 0 Å². The normalized spacial score (nSPS) is 21.6. The van der Waals surface area contributed by atoms with Gasteiger partial charge in [0, 0.05) is 23.8 Å². The first-order chi connectivity index (χ1) is 9.32. The summed E-state index contributed by atoms with van der Waals surface area (Å²) in [7, 11) is -2.99. The highest BCUT2D eigenvalue weighted by Crippen LogP contribution is 2.24. The first kappa shape index (κ1) is 17.8. The molecule has 0 aromatic carbocycles. The molecule has 1 atom stereocenters. The van der Waals surface area contributed by atoms with E-state index in [0.29, 0.717) is 5.75 Å². The van der Waals surface area contributed by atoms with Gasteiger partial charge in [-0.25, -0.2) is 8.42 Å². The number of nitriles is 1. The van der Waals surface area contributed by atoms with Crippen LogP contribution in [0.1, 0.15) is 40.0 Å². The van der Waals surface area contributed by atoms with E-state index < -0.39 is 9.84 Å². The predicted molar refractivity (Wildman–Crippen MR) is 85.4 cm³/mol. The molecule has 0 spiro atoms. The van der Waals surface area contributed by atoms with Crippen molar-refractivity contribution in [3.8, 4) is 6.07 Å². The van der Waals surface area contributed by atoms with Crippen LogP contribution in [0.25, 0.3) is 0 Å². The maximum Gasteiger partial charge on any atom is 0.166 e. The highest BCUT2D eigenvalue weighted by Gasteiger charge is 2.32. The van der Waals surface area contributed by atoms with Gasteiger partial charge in [-0.15, -0.1) is 0 Å². The number of rotatable bonds is 7. The Morgan fingerprint density at radius 3 is 2.70 bits per heavy atom. The summed E-state index contributed by atoms with van der Waals surface area (Å²) in [6.07, 6.45) is 2.81. The van der Waals surface area contributed by atoms with Gasteiger partial charge in [0.25, 0.3) is 0 Å². The molecule has 0 saturated carbocycles. The Kier molecular flexibility index (Phi) is 6.83. The second-order valence-electron chi connectivity index (χ2n) is 5.97. The van der Waals surface area contributed by atoms with Gasteiger partial charge in [-0.1, -0.05) is 13.3 Å². The van der Waals surface area contributed by atoms with Crippen molar-refractivity contribution in [2.24, 2.45) is 5.41 Å². The van der Waals surface area contributed by atoms with Gasteiger partial charge in [0.2, 0.25) is 0 Å². The average molecular weight is 319 g/mol. The number of thioether (sulfide) groups is 1. The molecule has 1 unspecified atom stereocenters. The maximum atomic E-state index is 12.1. The number of hydrogen-bond acceptors (Lipinski definition) is 5. The van der Waals surface area contributed by atoms with E-state index in [2.05, 4.69) is 11.0 Å². The van der Waals surface area contributed by atoms with Gasteiger partial charge in [-0.05, 0) is 33.2 Å². The third-order valence-corrected chi connectivity index (χ3v) is 7.14. The molecule has 0 radical (unpaired) electrons. The number of hydrogen-bond donors (Lipinski definition) is 0. The summed E-state index contributed by atoms with van der Waals surface area (Å²) < 4.78 is 24.2. The highest BCUT2D eigenvalue weighted by atomic mass is 32.2. The van der Waals surface area contributed by atoms with Crippen LogP contribution in [-0.2, 0) is 9.84 Å². The Labute approximate surface area is 127 Å². The fraction of sp³-hybridized carbons (Fsp3) is 0.929. The molecule has 6 heteroatoms. The summed E-state index contributed by atoms with van der Waals surface area (Å²) in [5.41, 5.74) is -0.271. The zero-order valence-corrected chi connectivity index (χ0v) is 14.4. The monoisotopic (exact) mass is 318 g/mol. The van der Waals surface area contributed by atoms with Crippen molar-refractivity contribution in [3.05, 3.63) is 0 Å². The van der Waals surface area contributed by atoms with Gasteiger partial charge in [0.1, 0.15) is 5.37 Å². The molecule has 0 aromatic heterocycles. The minimum atomic E-state index is -2.99. The van der Waals surface area contributed by atoms with Gasteiger partial charge < -0.3 is 0 Å². The smallest absolute Gasteiger partial charge is 0.166 e. The second kappa shape index (κ2) is 7.67. The van der Waals surface area contributed by atoms with Crippen LogP contribution < -0.4 is 0 Å². The van der Waals surface area contributed by atoms with Crippen molar-refractivity contribution in [3.63, 3.8) is 0 Å². The molecule has 0 aromatic rings. The molecule has 1 saturated heterocycles. The van der Waals surface area contributed by atoms with Crippen LogP contribution in [0.5, 0.6) is 0 Å². The maximum absolute atomic E-state index is 12.1. The molecular formula is C14H26N2O2S2. The summed E-state index contributed by atoms with van der Waals surface area (Å²) in [5, 5.41) is 8.67. The molecule has 1 fully saturated rings. The van der Waals surface area contributed by atoms with Crippen LogP contribution in [-0.4, -0.2) is 49.0 Å². The van der Waals surface area contributed by atoms with Gasteiger partial charge in [-0.2, -0.15) is 17.0 Å². The number of sulfone groups is 1. The Morgan fingerprint density at radius 2 is 2.10 bits per heavy atom. The molecular weight excluding hydrogens is 292 g/mol. The van der Waals surface area contributed by atoms with Gasteiger partial charge in [-0.3, -0.25) is 4.90 Å². The summed E-state index contributed by atoms with van der Waals surface area (Å²) in [4.78, 5) is 2.12. The van der Waals surface area contributed by atoms with E-state index in [1.807, 2.05) is 13.8 Å². The number of unbranched alkanes of at least 4 members (excludes halogenated alkanes) is 1. The van der Waals surface area contributed by atoms with Crippen molar-refractivity contribution in [1.29, 1.82) is 5.26 Å². The van der Waals surface area contributed by atoms with Crippen LogP contribution in [0.3, 0.4) is 0 Å². The van der Waals surface area contributed by atoms with Gasteiger partial charge in [0.15, 0.2) is 9.84 Å². The van der Waals surface area contributed by atoms with Crippen molar-refractivity contribution in [1.82, 2.24) is 4.90 Å². The molecule has 1 rings (SSSR count). The second-order valence-corrected chi connectivity index (χ2v) is 9.57. The van der Waals surface area contributed by atoms with Crippen LogP contribution >= 0.6 is 11.8 Å². The van der Waals surface area contributed by atoms with Crippen LogP contribution in [0, 0.1) is 16.7 Å². The standard InChI is InChI=1S/C14H26N2O2S2/c1-4-20(17,18)13-11-19-10-9-16(13)8-6-5-7-14(2,3)12-15/h13H,4-11H2,1-3H3. The molecule has 4 nitrogen and oxygen atoms in total. The van der Waals surface area contributed by atoms with E-state index in [9.17, 15) is 8.42 Å². The first-order valence-electron chi connectivity index (χ1n) is 7.27. The van der Waals surface area contributed by atoms with E-state index in [4.69, 9.17) is 5.26 Å². The lowest BCUT2D eigenvalue weighted by Crippen LogP contribution is -2.48. The Hall–Kier alpha value is -0.250. The zero-order valence-electron chi connectivity index (χ0n) is 12.8. The highest BCUT2D eigenvalue weighted by molar-refractivity contribution is 8.01. The molecule has 0 N–H and O–H groups in total. The Bertz CT molecular complexity index is 441. The van der Waals surface area contributed by atoms with Gasteiger partial charge >= 0.3 is 0 Å². The molecule has 0 amide bonds. The molecule has 1 aliphatic heterocycles. The molecule has 20 heavy (non-hydrogen) atoms. The quantitative estimate of drug-likeness (QED) is 0.675. The topological polar surface area (TPSA) is 61.2 Å². The van der Waals surface area contributed by atoms with E-state index in [1.54, 1.807) is 18.7 Å². The minimum Gasteiger partial charge on any atom is -0.286 e. The van der Waals surface area contributed by atoms with Crippen molar-refractivity contribution >= 4 is 21.6 Å². The molecule has 0 bridgehead atoms. The predicted octanol–water partition coefficient (Wildman–Crippen LogP) is 2.52.